The van der Waals surface area contributed by atoms with E-state index in [-0.39, 0.29) is 18.7 Å². The molecule has 0 fully saturated rings. The van der Waals surface area contributed by atoms with E-state index in [0.29, 0.717) is 16.0 Å². The SMILES string of the molecule is CCOC(=O)c1cc(CC)sc1NC(=O)Cn1ncc2ccccc2c1=O. The average molecular weight is 385 g/mol. The molecule has 27 heavy (non-hydrogen) atoms. The van der Waals surface area contributed by atoms with Gasteiger partial charge < -0.3 is 10.1 Å². The van der Waals surface area contributed by atoms with E-state index in [1.807, 2.05) is 13.0 Å². The zero-order valence-corrected chi connectivity index (χ0v) is 15.8. The zero-order chi connectivity index (χ0) is 19.4. The molecule has 0 unspecified atom stereocenters. The molecule has 0 radical (unpaired) electrons. The predicted molar refractivity (Wildman–Crippen MR) is 104 cm³/mol. The van der Waals surface area contributed by atoms with Crippen LogP contribution in [0, 0.1) is 0 Å². The van der Waals surface area contributed by atoms with Crippen LogP contribution in [-0.2, 0) is 22.5 Å². The fraction of sp³-hybridized carbons (Fsp3) is 0.263. The molecule has 0 aliphatic carbocycles. The monoisotopic (exact) mass is 385 g/mol. The van der Waals surface area contributed by atoms with E-state index in [4.69, 9.17) is 4.74 Å². The lowest BCUT2D eigenvalue weighted by Gasteiger charge is -2.08. The summed E-state index contributed by atoms with van der Waals surface area (Å²) in [6.07, 6.45) is 2.28. The molecule has 0 saturated heterocycles. The number of rotatable bonds is 6. The van der Waals surface area contributed by atoms with Crippen LogP contribution in [0.2, 0.25) is 0 Å². The van der Waals surface area contributed by atoms with Gasteiger partial charge in [-0.15, -0.1) is 11.3 Å². The Kier molecular flexibility index (Phi) is 5.66. The summed E-state index contributed by atoms with van der Waals surface area (Å²) in [6.45, 7) is 3.69. The van der Waals surface area contributed by atoms with E-state index >= 15 is 0 Å². The molecule has 140 valence electrons. The van der Waals surface area contributed by atoms with Crippen LogP contribution in [0.1, 0.15) is 29.1 Å². The third kappa shape index (κ3) is 4.06. The van der Waals surface area contributed by atoms with Crippen molar-refractivity contribution in [3.8, 4) is 0 Å². The number of benzene rings is 1. The lowest BCUT2D eigenvalue weighted by atomic mass is 10.2. The maximum Gasteiger partial charge on any atom is 0.341 e. The van der Waals surface area contributed by atoms with E-state index in [1.165, 1.54) is 11.3 Å². The quantitative estimate of drug-likeness (QED) is 0.659. The van der Waals surface area contributed by atoms with Crippen LogP contribution in [0.25, 0.3) is 10.8 Å². The number of nitrogens with one attached hydrogen (secondary N) is 1. The van der Waals surface area contributed by atoms with Gasteiger partial charge in [-0.05, 0) is 25.5 Å². The first-order chi connectivity index (χ1) is 13.0. The molecule has 0 aliphatic rings. The van der Waals surface area contributed by atoms with E-state index in [2.05, 4.69) is 10.4 Å². The molecular formula is C19H19N3O4S. The standard InChI is InChI=1S/C19H19N3O4S/c1-3-13-9-15(19(25)26-4-2)17(27-13)21-16(23)11-22-18(24)14-8-6-5-7-12(14)10-20-22/h5-10H,3-4,11H2,1-2H3,(H,21,23). The summed E-state index contributed by atoms with van der Waals surface area (Å²) in [5.41, 5.74) is -0.0137. The molecule has 3 rings (SSSR count). The highest BCUT2D eigenvalue weighted by molar-refractivity contribution is 7.16. The van der Waals surface area contributed by atoms with Crippen LogP contribution < -0.4 is 10.9 Å². The van der Waals surface area contributed by atoms with Crippen LogP contribution in [0.3, 0.4) is 0 Å². The number of carbonyl (C=O) groups excluding carboxylic acids is 2. The summed E-state index contributed by atoms with van der Waals surface area (Å²) >= 11 is 1.32. The summed E-state index contributed by atoms with van der Waals surface area (Å²) in [7, 11) is 0. The van der Waals surface area contributed by atoms with Crippen LogP contribution in [0.15, 0.2) is 41.3 Å². The van der Waals surface area contributed by atoms with Crippen molar-refractivity contribution in [2.75, 3.05) is 11.9 Å². The van der Waals surface area contributed by atoms with Gasteiger partial charge in [-0.25, -0.2) is 9.48 Å². The molecule has 7 nitrogen and oxygen atoms in total. The summed E-state index contributed by atoms with van der Waals surface area (Å²) in [5.74, 6) is -0.917. The molecule has 2 heterocycles. The van der Waals surface area contributed by atoms with Crippen molar-refractivity contribution in [3.05, 3.63) is 57.3 Å². The Hall–Kier alpha value is -3.00. The zero-order valence-electron chi connectivity index (χ0n) is 15.0. The van der Waals surface area contributed by atoms with Crippen molar-refractivity contribution < 1.29 is 14.3 Å². The molecule has 0 bridgehead atoms. The maximum atomic E-state index is 12.5. The molecule has 8 heteroatoms. The fourth-order valence-corrected chi connectivity index (χ4v) is 3.61. The Morgan fingerprint density at radius 1 is 1.26 bits per heavy atom. The Labute approximate surface area is 159 Å². The lowest BCUT2D eigenvalue weighted by molar-refractivity contribution is -0.116. The summed E-state index contributed by atoms with van der Waals surface area (Å²) in [4.78, 5) is 38.0. The second-order valence-corrected chi connectivity index (χ2v) is 6.91. The van der Waals surface area contributed by atoms with Gasteiger partial charge in [-0.1, -0.05) is 25.1 Å². The van der Waals surface area contributed by atoms with Crippen molar-refractivity contribution in [3.63, 3.8) is 0 Å². The van der Waals surface area contributed by atoms with Gasteiger partial charge in [0.25, 0.3) is 5.56 Å². The molecule has 0 saturated carbocycles. The van der Waals surface area contributed by atoms with Crippen LogP contribution in [0.4, 0.5) is 5.00 Å². The number of esters is 1. The number of amides is 1. The summed E-state index contributed by atoms with van der Waals surface area (Å²) in [6, 6.07) is 8.78. The van der Waals surface area contributed by atoms with Gasteiger partial charge in [0, 0.05) is 10.3 Å². The highest BCUT2D eigenvalue weighted by Crippen LogP contribution is 2.29. The normalized spacial score (nSPS) is 10.7. The Morgan fingerprint density at radius 2 is 2.04 bits per heavy atom. The van der Waals surface area contributed by atoms with E-state index in [9.17, 15) is 14.4 Å². The van der Waals surface area contributed by atoms with Gasteiger partial charge >= 0.3 is 5.97 Å². The smallest absolute Gasteiger partial charge is 0.341 e. The minimum atomic E-state index is -0.482. The average Bonchev–Trinajstić information content (AvgIpc) is 3.07. The molecule has 1 aromatic carbocycles. The predicted octanol–water partition coefficient (Wildman–Crippen LogP) is 2.84. The minimum absolute atomic E-state index is 0.245. The second-order valence-electron chi connectivity index (χ2n) is 5.77. The minimum Gasteiger partial charge on any atom is -0.462 e. The number of fused-ring (bicyclic) bond motifs is 1. The third-order valence-electron chi connectivity index (χ3n) is 3.94. The first kappa shape index (κ1) is 18.8. The number of thiophene rings is 1. The van der Waals surface area contributed by atoms with Gasteiger partial charge in [0.15, 0.2) is 0 Å². The van der Waals surface area contributed by atoms with Gasteiger partial charge in [0.2, 0.25) is 5.91 Å². The van der Waals surface area contributed by atoms with Crippen LogP contribution in [0.5, 0.6) is 0 Å². The molecule has 0 aliphatic heterocycles. The van der Waals surface area contributed by atoms with Gasteiger partial charge in [0.1, 0.15) is 11.5 Å². The number of carbonyl (C=O) groups is 2. The first-order valence-corrected chi connectivity index (χ1v) is 9.39. The third-order valence-corrected chi connectivity index (χ3v) is 5.13. The molecule has 3 aromatic rings. The Bertz CT molecular complexity index is 1050. The summed E-state index contributed by atoms with van der Waals surface area (Å²) < 4.78 is 6.15. The first-order valence-electron chi connectivity index (χ1n) is 8.58. The number of hydrogen-bond acceptors (Lipinski definition) is 6. The lowest BCUT2D eigenvalue weighted by Crippen LogP contribution is -2.29. The second kappa shape index (κ2) is 8.13. The molecule has 2 aromatic heterocycles. The number of aryl methyl sites for hydroxylation is 1. The largest absolute Gasteiger partial charge is 0.462 e. The molecule has 0 spiro atoms. The maximum absolute atomic E-state index is 12.5. The number of anilines is 1. The Balaban J connectivity index is 1.82. The summed E-state index contributed by atoms with van der Waals surface area (Å²) in [5, 5.41) is 8.39. The van der Waals surface area contributed by atoms with E-state index in [0.717, 1.165) is 21.4 Å². The van der Waals surface area contributed by atoms with Crippen molar-refractivity contribution in [2.24, 2.45) is 0 Å². The molecule has 0 atom stereocenters. The van der Waals surface area contributed by atoms with Crippen LogP contribution >= 0.6 is 11.3 Å². The number of nitrogens with zero attached hydrogens (tertiary/aromatic N) is 2. The van der Waals surface area contributed by atoms with Gasteiger partial charge in [-0.3, -0.25) is 9.59 Å². The number of hydrogen-bond donors (Lipinski definition) is 1. The van der Waals surface area contributed by atoms with Crippen molar-refractivity contribution in [1.82, 2.24) is 9.78 Å². The van der Waals surface area contributed by atoms with Gasteiger partial charge in [0.05, 0.1) is 23.8 Å². The van der Waals surface area contributed by atoms with E-state index < -0.39 is 11.9 Å². The highest BCUT2D eigenvalue weighted by atomic mass is 32.1. The van der Waals surface area contributed by atoms with Crippen molar-refractivity contribution >= 4 is 39.0 Å². The number of ether oxygens (including phenoxy) is 1. The van der Waals surface area contributed by atoms with Crippen molar-refractivity contribution in [1.29, 1.82) is 0 Å². The molecule has 1 N–H and O–H groups in total. The number of aromatic nitrogens is 2. The molecular weight excluding hydrogens is 366 g/mol. The van der Waals surface area contributed by atoms with E-state index in [1.54, 1.807) is 37.4 Å². The Morgan fingerprint density at radius 3 is 2.78 bits per heavy atom. The fourth-order valence-electron chi connectivity index (χ4n) is 2.61. The van der Waals surface area contributed by atoms with Crippen LogP contribution in [-0.4, -0.2) is 28.3 Å². The molecule has 1 amide bonds. The van der Waals surface area contributed by atoms with Gasteiger partial charge in [-0.2, -0.15) is 5.10 Å². The van der Waals surface area contributed by atoms with Crippen molar-refractivity contribution in [2.45, 2.75) is 26.8 Å². The topological polar surface area (TPSA) is 90.3 Å². The highest BCUT2D eigenvalue weighted by Gasteiger charge is 2.19.